The third-order valence-electron chi connectivity index (χ3n) is 2.22. The fourth-order valence-electron chi connectivity index (χ4n) is 1.70. The quantitative estimate of drug-likeness (QED) is 0.469. The molecule has 2 aliphatic rings. The predicted molar refractivity (Wildman–Crippen MR) is 34.0 cm³/mol. The minimum absolute atomic E-state index is 0.00532. The van der Waals surface area contributed by atoms with Crippen LogP contribution < -0.4 is 0 Å². The number of amides is 1. The SMILES string of the molecule is [2H]C1CC2CCC(=O)N2C1. The minimum atomic E-state index is -0.00532. The highest BCUT2D eigenvalue weighted by molar-refractivity contribution is 5.79. The van der Waals surface area contributed by atoms with Gasteiger partial charge in [0.15, 0.2) is 0 Å². The lowest BCUT2D eigenvalue weighted by Gasteiger charge is -2.13. The van der Waals surface area contributed by atoms with Crippen molar-refractivity contribution in [3.8, 4) is 0 Å². The van der Waals surface area contributed by atoms with Crippen molar-refractivity contribution < 1.29 is 6.17 Å². The maximum absolute atomic E-state index is 11.0. The smallest absolute Gasteiger partial charge is 0.222 e. The summed E-state index contributed by atoms with van der Waals surface area (Å²) in [5.41, 5.74) is 0. The molecule has 2 heteroatoms. The van der Waals surface area contributed by atoms with Crippen molar-refractivity contribution in [2.45, 2.75) is 31.7 Å². The van der Waals surface area contributed by atoms with Gasteiger partial charge in [-0.3, -0.25) is 4.79 Å². The summed E-state index contributed by atoms with van der Waals surface area (Å²) < 4.78 is 7.43. The summed E-state index contributed by atoms with van der Waals surface area (Å²) in [5, 5.41) is 0. The summed E-state index contributed by atoms with van der Waals surface area (Å²) in [5.74, 6) is 0.264. The summed E-state index contributed by atoms with van der Waals surface area (Å²) in [4.78, 5) is 12.9. The van der Waals surface area contributed by atoms with E-state index in [1.807, 2.05) is 4.90 Å². The Kier molecular flexibility index (Phi) is 0.826. The molecule has 0 aliphatic carbocycles. The first-order chi connectivity index (χ1) is 4.77. The molecule has 2 nitrogen and oxygen atoms in total. The summed E-state index contributed by atoms with van der Waals surface area (Å²) >= 11 is 0. The summed E-state index contributed by atoms with van der Waals surface area (Å²) in [6.45, 7) is 0.684. The summed E-state index contributed by atoms with van der Waals surface area (Å²) in [7, 11) is 0. The van der Waals surface area contributed by atoms with Gasteiger partial charge < -0.3 is 4.90 Å². The van der Waals surface area contributed by atoms with Crippen molar-refractivity contribution in [1.82, 2.24) is 4.90 Å². The van der Waals surface area contributed by atoms with Gasteiger partial charge >= 0.3 is 0 Å². The molecule has 1 amide bonds. The van der Waals surface area contributed by atoms with E-state index in [1.165, 1.54) is 0 Å². The molecule has 2 aliphatic heterocycles. The number of rotatable bonds is 0. The first kappa shape index (κ1) is 4.31. The van der Waals surface area contributed by atoms with Crippen molar-refractivity contribution in [2.24, 2.45) is 0 Å². The first-order valence-corrected chi connectivity index (χ1v) is 3.49. The Morgan fingerprint density at radius 2 is 2.56 bits per heavy atom. The molecule has 0 saturated carbocycles. The lowest BCUT2D eigenvalue weighted by Crippen LogP contribution is -2.26. The molecule has 2 unspecified atom stereocenters. The molecular formula is C7H11NO. The normalized spacial score (nSPS) is 43.3. The van der Waals surface area contributed by atoms with Crippen LogP contribution in [0.4, 0.5) is 0 Å². The minimum Gasteiger partial charge on any atom is -0.340 e. The van der Waals surface area contributed by atoms with Crippen LogP contribution in [-0.2, 0) is 4.79 Å². The molecule has 0 bridgehead atoms. The highest BCUT2D eigenvalue weighted by Crippen LogP contribution is 2.27. The molecule has 0 aromatic heterocycles. The molecular weight excluding hydrogens is 114 g/mol. The van der Waals surface area contributed by atoms with Gasteiger partial charge in [0.1, 0.15) is 0 Å². The monoisotopic (exact) mass is 126 g/mol. The van der Waals surface area contributed by atoms with Gasteiger partial charge in [-0.25, -0.2) is 0 Å². The Morgan fingerprint density at radius 1 is 1.67 bits per heavy atom. The second-order valence-electron chi connectivity index (χ2n) is 2.76. The van der Waals surface area contributed by atoms with Crippen LogP contribution in [0.25, 0.3) is 0 Å². The average Bonchev–Trinajstić information content (AvgIpc) is 2.35. The Morgan fingerprint density at radius 3 is 3.33 bits per heavy atom. The molecule has 2 heterocycles. The molecule has 0 N–H and O–H groups in total. The topological polar surface area (TPSA) is 20.3 Å². The van der Waals surface area contributed by atoms with Crippen LogP contribution in [0.3, 0.4) is 0 Å². The molecule has 0 aromatic rings. The number of nitrogens with zero attached hydrogens (tertiary/aromatic N) is 1. The van der Waals surface area contributed by atoms with Crippen LogP contribution in [0, 0.1) is 0 Å². The van der Waals surface area contributed by atoms with E-state index in [0.717, 1.165) is 19.3 Å². The van der Waals surface area contributed by atoms with E-state index >= 15 is 0 Å². The standard InChI is InChI=1S/C7H11NO/c9-7-4-3-6-2-1-5-8(6)7/h6H,1-5H2/i1D. The van der Waals surface area contributed by atoms with Gasteiger partial charge in [0.25, 0.3) is 0 Å². The second kappa shape index (κ2) is 1.72. The molecule has 0 radical (unpaired) electrons. The van der Waals surface area contributed by atoms with Crippen molar-refractivity contribution in [2.75, 3.05) is 6.54 Å². The number of carbonyl (C=O) groups excluding carboxylic acids is 1. The number of hydrogen-bond acceptors (Lipinski definition) is 1. The van der Waals surface area contributed by atoms with Gasteiger partial charge in [-0.05, 0) is 19.2 Å². The molecule has 2 atom stereocenters. The van der Waals surface area contributed by atoms with Crippen LogP contribution in [0.2, 0.25) is 0 Å². The highest BCUT2D eigenvalue weighted by Gasteiger charge is 2.33. The maximum Gasteiger partial charge on any atom is 0.222 e. The van der Waals surface area contributed by atoms with E-state index in [1.54, 1.807) is 0 Å². The third-order valence-corrected chi connectivity index (χ3v) is 2.22. The number of fused-ring (bicyclic) bond motifs is 1. The molecule has 0 aromatic carbocycles. The van der Waals surface area contributed by atoms with Gasteiger partial charge in [-0.15, -0.1) is 0 Å². The largest absolute Gasteiger partial charge is 0.340 e. The zero-order valence-corrected chi connectivity index (χ0v) is 5.34. The molecule has 2 saturated heterocycles. The first-order valence-electron chi connectivity index (χ1n) is 4.07. The Balaban J connectivity index is 2.12. The van der Waals surface area contributed by atoms with Crippen LogP contribution in [0.15, 0.2) is 0 Å². The zero-order valence-electron chi connectivity index (χ0n) is 6.34. The highest BCUT2D eigenvalue weighted by atomic mass is 16.2. The van der Waals surface area contributed by atoms with E-state index in [9.17, 15) is 4.79 Å². The van der Waals surface area contributed by atoms with Gasteiger partial charge in [0.05, 0.1) is 0 Å². The third kappa shape index (κ3) is 0.655. The molecule has 0 spiro atoms. The number of hydrogen-bond donors (Lipinski definition) is 0. The van der Waals surface area contributed by atoms with Gasteiger partial charge in [-0.2, -0.15) is 0 Å². The van der Waals surface area contributed by atoms with E-state index < -0.39 is 0 Å². The van der Waals surface area contributed by atoms with Crippen LogP contribution in [0.1, 0.15) is 27.0 Å². The lowest BCUT2D eigenvalue weighted by atomic mass is 10.2. The molecule has 9 heavy (non-hydrogen) atoms. The fourth-order valence-corrected chi connectivity index (χ4v) is 1.70. The van der Waals surface area contributed by atoms with Crippen molar-refractivity contribution in [1.29, 1.82) is 0 Å². The average molecular weight is 126 g/mol. The number of carbonyl (C=O) groups is 1. The van der Waals surface area contributed by atoms with Crippen molar-refractivity contribution in [3.05, 3.63) is 0 Å². The van der Waals surface area contributed by atoms with E-state index in [-0.39, 0.29) is 12.3 Å². The van der Waals surface area contributed by atoms with Crippen LogP contribution in [0.5, 0.6) is 0 Å². The van der Waals surface area contributed by atoms with Crippen LogP contribution >= 0.6 is 0 Å². The molecule has 2 fully saturated rings. The van der Waals surface area contributed by atoms with E-state index in [0.29, 0.717) is 12.6 Å². The maximum atomic E-state index is 11.0. The molecule has 2 rings (SSSR count). The van der Waals surface area contributed by atoms with E-state index in [4.69, 9.17) is 1.37 Å². The lowest BCUT2D eigenvalue weighted by molar-refractivity contribution is -0.127. The summed E-state index contributed by atoms with van der Waals surface area (Å²) in [6, 6.07) is 0.426. The van der Waals surface area contributed by atoms with Crippen molar-refractivity contribution >= 4 is 5.91 Å². The van der Waals surface area contributed by atoms with E-state index in [2.05, 4.69) is 0 Å². The molecule has 50 valence electrons. The van der Waals surface area contributed by atoms with Crippen molar-refractivity contribution in [3.63, 3.8) is 0 Å². The Hall–Kier alpha value is -0.530. The van der Waals surface area contributed by atoms with Gasteiger partial charge in [0.2, 0.25) is 5.91 Å². The summed E-state index contributed by atoms with van der Waals surface area (Å²) in [6.07, 6.45) is 2.62. The van der Waals surface area contributed by atoms with Gasteiger partial charge in [0, 0.05) is 20.4 Å². The Bertz CT molecular complexity index is 171. The zero-order chi connectivity index (χ0) is 7.14. The Labute approximate surface area is 56.2 Å². The predicted octanol–water partition coefficient (Wildman–Crippen LogP) is 0.771. The van der Waals surface area contributed by atoms with Gasteiger partial charge in [-0.1, -0.05) is 0 Å². The fraction of sp³-hybridized carbons (Fsp3) is 0.857. The second-order valence-corrected chi connectivity index (χ2v) is 2.76. The van der Waals surface area contributed by atoms with Crippen LogP contribution in [-0.4, -0.2) is 23.4 Å².